The molecule has 2 atom stereocenters. The Hall–Kier alpha value is -0.550. The molecule has 0 spiro atoms. The number of hydrogen-bond donors (Lipinski definition) is 3. The largest absolute Gasteiger partial charge is 0.319 e. The number of hydrazine groups is 1. The van der Waals surface area contributed by atoms with Crippen LogP contribution in [0.4, 0.5) is 0 Å². The van der Waals surface area contributed by atoms with E-state index in [1.165, 1.54) is 10.5 Å². The van der Waals surface area contributed by atoms with Crippen LogP contribution >= 0.6 is 11.8 Å². The van der Waals surface area contributed by atoms with E-state index in [0.717, 1.165) is 13.1 Å². The van der Waals surface area contributed by atoms with E-state index in [9.17, 15) is 0 Å². The molecule has 1 aliphatic rings. The van der Waals surface area contributed by atoms with Gasteiger partial charge in [0.2, 0.25) is 0 Å². The smallest absolute Gasteiger partial charge is 0.0515 e. The number of rotatable bonds is 5. The Morgan fingerprint density at radius 1 is 1.33 bits per heavy atom. The Morgan fingerprint density at radius 3 is 2.67 bits per heavy atom. The second-order valence-corrected chi connectivity index (χ2v) is 6.71. The minimum Gasteiger partial charge on any atom is -0.319 e. The highest BCUT2D eigenvalue weighted by atomic mass is 32.2. The van der Waals surface area contributed by atoms with Crippen molar-refractivity contribution in [3.05, 3.63) is 29.8 Å². The Kier molecular flexibility index (Phi) is 5.06. The van der Waals surface area contributed by atoms with Gasteiger partial charge in [-0.15, -0.1) is 11.8 Å². The molecule has 18 heavy (non-hydrogen) atoms. The summed E-state index contributed by atoms with van der Waals surface area (Å²) in [6.45, 7) is 6.51. The van der Waals surface area contributed by atoms with E-state index in [0.29, 0.717) is 17.2 Å². The van der Waals surface area contributed by atoms with Gasteiger partial charge < -0.3 is 5.32 Å². The zero-order valence-corrected chi connectivity index (χ0v) is 12.2. The molecule has 0 amide bonds. The van der Waals surface area contributed by atoms with Gasteiger partial charge in [-0.2, -0.15) is 0 Å². The summed E-state index contributed by atoms with van der Waals surface area (Å²) < 4.78 is 0. The molecular formula is C14H23N3S. The molecule has 1 aromatic rings. The Bertz CT molecular complexity index is 364. The van der Waals surface area contributed by atoms with Crippen molar-refractivity contribution in [2.24, 2.45) is 5.92 Å². The van der Waals surface area contributed by atoms with Crippen LogP contribution in [0.15, 0.2) is 29.2 Å². The number of hydrogen-bond acceptors (Lipinski definition) is 4. The summed E-state index contributed by atoms with van der Waals surface area (Å²) in [7, 11) is 2.01. The molecule has 4 heteroatoms. The van der Waals surface area contributed by atoms with Crippen molar-refractivity contribution in [2.45, 2.75) is 30.0 Å². The van der Waals surface area contributed by atoms with Gasteiger partial charge in [0, 0.05) is 29.2 Å². The maximum Gasteiger partial charge on any atom is 0.0515 e. The van der Waals surface area contributed by atoms with Crippen molar-refractivity contribution >= 4 is 11.8 Å². The fraction of sp³-hybridized carbons (Fsp3) is 0.571. The highest BCUT2D eigenvalue weighted by molar-refractivity contribution is 7.99. The highest BCUT2D eigenvalue weighted by Gasteiger charge is 2.27. The lowest BCUT2D eigenvalue weighted by atomic mass is 9.95. The first-order chi connectivity index (χ1) is 8.70. The van der Waals surface area contributed by atoms with Crippen LogP contribution in [0.5, 0.6) is 0 Å². The first-order valence-electron chi connectivity index (χ1n) is 6.60. The summed E-state index contributed by atoms with van der Waals surface area (Å²) in [5.41, 5.74) is 8.00. The van der Waals surface area contributed by atoms with Gasteiger partial charge in [-0.25, -0.2) is 5.43 Å². The van der Waals surface area contributed by atoms with Crippen LogP contribution in [0.1, 0.15) is 25.5 Å². The fourth-order valence-electron chi connectivity index (χ4n) is 2.37. The van der Waals surface area contributed by atoms with Gasteiger partial charge in [0.05, 0.1) is 6.04 Å². The topological polar surface area (TPSA) is 36.1 Å². The molecule has 0 bridgehead atoms. The van der Waals surface area contributed by atoms with Crippen LogP contribution in [0.25, 0.3) is 0 Å². The van der Waals surface area contributed by atoms with Gasteiger partial charge in [-0.05, 0) is 24.7 Å². The fourth-order valence-corrected chi connectivity index (χ4v) is 3.21. The van der Waals surface area contributed by atoms with Crippen LogP contribution in [-0.2, 0) is 0 Å². The predicted octanol–water partition coefficient (Wildman–Crippen LogP) is 2.17. The molecule has 1 heterocycles. The third-order valence-electron chi connectivity index (χ3n) is 3.17. The van der Waals surface area contributed by atoms with Gasteiger partial charge in [-0.1, -0.05) is 26.0 Å². The Labute approximate surface area is 114 Å². The van der Waals surface area contributed by atoms with Crippen LogP contribution in [-0.4, -0.2) is 25.4 Å². The van der Waals surface area contributed by atoms with E-state index in [1.54, 1.807) is 0 Å². The van der Waals surface area contributed by atoms with E-state index < -0.39 is 0 Å². The highest BCUT2D eigenvalue weighted by Crippen LogP contribution is 2.28. The summed E-state index contributed by atoms with van der Waals surface area (Å²) in [4.78, 5) is 1.35. The lowest BCUT2D eigenvalue weighted by molar-refractivity contribution is 0.457. The van der Waals surface area contributed by atoms with Crippen molar-refractivity contribution in [1.82, 2.24) is 16.2 Å². The molecule has 3 N–H and O–H groups in total. The van der Waals surface area contributed by atoms with Gasteiger partial charge in [-0.3, -0.25) is 5.43 Å². The minimum absolute atomic E-state index is 0.413. The summed E-state index contributed by atoms with van der Waals surface area (Å²) in [6, 6.07) is 9.37. The molecule has 0 saturated carbocycles. The third-order valence-corrected chi connectivity index (χ3v) is 4.19. The van der Waals surface area contributed by atoms with Crippen molar-refractivity contribution in [3.8, 4) is 0 Å². The SMILES string of the molecule is CNCC1CNNC1c1ccc(SC(C)C)cc1. The first kappa shape index (κ1) is 13.9. The molecule has 1 aliphatic heterocycles. The normalized spacial score (nSPS) is 23.8. The van der Waals surface area contributed by atoms with Crippen molar-refractivity contribution in [2.75, 3.05) is 20.1 Å². The molecule has 100 valence electrons. The van der Waals surface area contributed by atoms with Gasteiger partial charge in [0.15, 0.2) is 0 Å². The molecule has 3 nitrogen and oxygen atoms in total. The average Bonchev–Trinajstić information content (AvgIpc) is 2.78. The monoisotopic (exact) mass is 265 g/mol. The lowest BCUT2D eigenvalue weighted by Gasteiger charge is -2.18. The number of thioether (sulfide) groups is 1. The molecule has 0 radical (unpaired) electrons. The molecule has 1 aromatic carbocycles. The maximum atomic E-state index is 3.37. The zero-order valence-electron chi connectivity index (χ0n) is 11.4. The summed E-state index contributed by atoms with van der Waals surface area (Å²) in [6.07, 6.45) is 0. The summed E-state index contributed by atoms with van der Waals surface area (Å²) in [5, 5.41) is 3.90. The quantitative estimate of drug-likeness (QED) is 0.713. The van der Waals surface area contributed by atoms with Crippen molar-refractivity contribution < 1.29 is 0 Å². The third kappa shape index (κ3) is 3.48. The first-order valence-corrected chi connectivity index (χ1v) is 7.48. The molecule has 1 saturated heterocycles. The van der Waals surface area contributed by atoms with Crippen LogP contribution in [0.3, 0.4) is 0 Å². The summed E-state index contributed by atoms with van der Waals surface area (Å²) >= 11 is 1.91. The molecular weight excluding hydrogens is 242 g/mol. The minimum atomic E-state index is 0.413. The van der Waals surface area contributed by atoms with Crippen molar-refractivity contribution in [1.29, 1.82) is 0 Å². The Morgan fingerprint density at radius 2 is 2.06 bits per heavy atom. The van der Waals surface area contributed by atoms with E-state index >= 15 is 0 Å². The predicted molar refractivity (Wildman–Crippen MR) is 78.7 cm³/mol. The average molecular weight is 265 g/mol. The van der Waals surface area contributed by atoms with Crippen LogP contribution in [0.2, 0.25) is 0 Å². The lowest BCUT2D eigenvalue weighted by Crippen LogP contribution is -2.27. The van der Waals surface area contributed by atoms with Gasteiger partial charge >= 0.3 is 0 Å². The maximum absolute atomic E-state index is 3.37. The van der Waals surface area contributed by atoms with Crippen LogP contribution in [0, 0.1) is 5.92 Å². The van der Waals surface area contributed by atoms with E-state index in [2.05, 4.69) is 54.3 Å². The van der Waals surface area contributed by atoms with E-state index in [-0.39, 0.29) is 0 Å². The number of nitrogens with one attached hydrogen (secondary N) is 3. The second kappa shape index (κ2) is 6.57. The molecule has 0 aliphatic carbocycles. The molecule has 1 fully saturated rings. The Balaban J connectivity index is 2.04. The zero-order chi connectivity index (χ0) is 13.0. The van der Waals surface area contributed by atoms with E-state index in [4.69, 9.17) is 0 Å². The molecule has 0 aromatic heterocycles. The van der Waals surface area contributed by atoms with E-state index in [1.807, 2.05) is 18.8 Å². The number of benzene rings is 1. The van der Waals surface area contributed by atoms with Gasteiger partial charge in [0.1, 0.15) is 0 Å². The van der Waals surface area contributed by atoms with Crippen LogP contribution < -0.4 is 16.2 Å². The van der Waals surface area contributed by atoms with Gasteiger partial charge in [0.25, 0.3) is 0 Å². The molecule has 2 unspecified atom stereocenters. The second-order valence-electron chi connectivity index (χ2n) is 5.06. The standard InChI is InChI=1S/C14H23N3S/c1-10(2)18-13-6-4-11(5-7-13)14-12(8-15-3)9-16-17-14/h4-7,10,12,14-17H,8-9H2,1-3H3. The van der Waals surface area contributed by atoms with Crippen molar-refractivity contribution in [3.63, 3.8) is 0 Å². The summed E-state index contributed by atoms with van der Waals surface area (Å²) in [5.74, 6) is 0.610. The molecule has 2 rings (SSSR count).